The summed E-state index contributed by atoms with van der Waals surface area (Å²) < 4.78 is 48.7. The van der Waals surface area contributed by atoms with Crippen molar-refractivity contribution in [2.75, 3.05) is 31.6 Å². The van der Waals surface area contributed by atoms with Gasteiger partial charge in [-0.1, -0.05) is 12.1 Å². The van der Waals surface area contributed by atoms with Crippen LogP contribution >= 0.6 is 0 Å². The van der Waals surface area contributed by atoms with Gasteiger partial charge in [-0.2, -0.15) is 13.2 Å². The molecule has 0 spiro atoms. The number of fused-ring (bicyclic) bond motifs is 1. The molecule has 2 aromatic rings. The minimum atomic E-state index is -4.42. The fraction of sp³-hybridized carbons (Fsp3) is 0.300. The monoisotopic (exact) mass is 407 g/mol. The molecule has 3 rings (SSSR count). The maximum absolute atomic E-state index is 12.5. The molecule has 0 unspecified atom stereocenters. The zero-order chi connectivity index (χ0) is 20.9. The summed E-state index contributed by atoms with van der Waals surface area (Å²) in [7, 11) is 0. The molecule has 1 aliphatic rings. The number of alkyl halides is 3. The highest BCUT2D eigenvalue weighted by molar-refractivity contribution is 5.99. The minimum absolute atomic E-state index is 0.122. The van der Waals surface area contributed by atoms with Crippen molar-refractivity contribution in [2.24, 2.45) is 0 Å². The molecular weight excluding hydrogens is 387 g/mol. The number of carbonyl (C=O) groups excluding carboxylic acids is 1. The predicted molar refractivity (Wildman–Crippen MR) is 102 cm³/mol. The van der Waals surface area contributed by atoms with E-state index >= 15 is 0 Å². The van der Waals surface area contributed by atoms with Crippen molar-refractivity contribution >= 4 is 17.8 Å². The van der Waals surface area contributed by atoms with E-state index in [9.17, 15) is 18.0 Å². The fourth-order valence-electron chi connectivity index (χ4n) is 2.73. The van der Waals surface area contributed by atoms with Crippen molar-refractivity contribution < 1.29 is 27.4 Å². The highest BCUT2D eigenvalue weighted by atomic mass is 19.4. The molecular formula is C20H20F3N3O3. The fourth-order valence-corrected chi connectivity index (χ4v) is 2.73. The molecule has 29 heavy (non-hydrogen) atoms. The van der Waals surface area contributed by atoms with Gasteiger partial charge in [-0.15, -0.1) is 0 Å². The minimum Gasteiger partial charge on any atom is -0.490 e. The summed E-state index contributed by atoms with van der Waals surface area (Å²) in [6.07, 6.45) is -1.90. The molecule has 154 valence electrons. The van der Waals surface area contributed by atoms with Crippen LogP contribution in [-0.4, -0.2) is 37.2 Å². The van der Waals surface area contributed by atoms with E-state index < -0.39 is 11.7 Å². The Balaban J connectivity index is 1.51. The Bertz CT molecular complexity index is 896. The first kappa shape index (κ1) is 20.5. The molecule has 0 radical (unpaired) electrons. The molecule has 1 aromatic carbocycles. The number of halogens is 3. The topological polar surface area (TPSA) is 72.5 Å². The second kappa shape index (κ2) is 8.85. The van der Waals surface area contributed by atoms with Crippen LogP contribution in [0.4, 0.5) is 19.0 Å². The molecule has 0 bridgehead atoms. The molecule has 2 heterocycles. The third kappa shape index (κ3) is 5.18. The lowest BCUT2D eigenvalue weighted by atomic mass is 10.1. The number of hydrogen-bond acceptors (Lipinski definition) is 5. The summed E-state index contributed by atoms with van der Waals surface area (Å²) in [6, 6.07) is 7.66. The van der Waals surface area contributed by atoms with Gasteiger partial charge in [-0.3, -0.25) is 4.79 Å². The standard InChI is InChI=1S/C20H20F3N3O3/c1-2-28-16-5-3-4-13-10-14(12-29-18(13)16)19(27)25-9-8-24-17-7-6-15(11-26-17)20(21,22)23/h3-7,10-11H,2,8-9,12H2,1H3,(H,24,26)(H,25,27). The quantitative estimate of drug-likeness (QED) is 0.688. The molecule has 1 aliphatic heterocycles. The van der Waals surface area contributed by atoms with Crippen molar-refractivity contribution in [3.63, 3.8) is 0 Å². The lowest BCUT2D eigenvalue weighted by Gasteiger charge is -2.20. The number of pyridine rings is 1. The largest absolute Gasteiger partial charge is 0.490 e. The van der Waals surface area contributed by atoms with Crippen LogP contribution in [0.5, 0.6) is 11.5 Å². The Morgan fingerprint density at radius 1 is 1.24 bits per heavy atom. The van der Waals surface area contributed by atoms with Crippen LogP contribution in [0.2, 0.25) is 0 Å². The first-order chi connectivity index (χ1) is 13.9. The van der Waals surface area contributed by atoms with Gasteiger partial charge in [0.2, 0.25) is 0 Å². The number of ether oxygens (including phenoxy) is 2. The molecule has 0 aliphatic carbocycles. The van der Waals surface area contributed by atoms with Gasteiger partial charge in [-0.25, -0.2) is 4.98 Å². The molecule has 2 N–H and O–H groups in total. The Hall–Kier alpha value is -3.23. The molecule has 1 aromatic heterocycles. The summed E-state index contributed by atoms with van der Waals surface area (Å²) in [5, 5.41) is 5.60. The number of para-hydroxylation sites is 1. The number of carbonyl (C=O) groups is 1. The van der Waals surface area contributed by atoms with E-state index in [2.05, 4.69) is 15.6 Å². The van der Waals surface area contributed by atoms with E-state index in [1.54, 1.807) is 6.08 Å². The van der Waals surface area contributed by atoms with Gasteiger partial charge in [0.15, 0.2) is 11.5 Å². The molecule has 0 fully saturated rings. The maximum Gasteiger partial charge on any atom is 0.417 e. The number of hydrogen-bond donors (Lipinski definition) is 2. The van der Waals surface area contributed by atoms with Crippen molar-refractivity contribution in [1.29, 1.82) is 0 Å². The van der Waals surface area contributed by atoms with Gasteiger partial charge in [0, 0.05) is 24.8 Å². The predicted octanol–water partition coefficient (Wildman–Crippen LogP) is 3.50. The first-order valence-electron chi connectivity index (χ1n) is 9.03. The smallest absolute Gasteiger partial charge is 0.417 e. The average molecular weight is 407 g/mol. The van der Waals surface area contributed by atoms with Gasteiger partial charge in [0.25, 0.3) is 5.91 Å². The van der Waals surface area contributed by atoms with E-state index in [0.29, 0.717) is 36.0 Å². The molecule has 9 heteroatoms. The zero-order valence-corrected chi connectivity index (χ0v) is 15.7. The van der Waals surface area contributed by atoms with Crippen LogP contribution in [0, 0.1) is 0 Å². The van der Waals surface area contributed by atoms with E-state index in [0.717, 1.165) is 17.8 Å². The third-order valence-electron chi connectivity index (χ3n) is 4.11. The van der Waals surface area contributed by atoms with E-state index in [-0.39, 0.29) is 19.1 Å². The number of aromatic nitrogens is 1. The van der Waals surface area contributed by atoms with Crippen LogP contribution in [0.15, 0.2) is 42.1 Å². The van der Waals surface area contributed by atoms with Gasteiger partial charge >= 0.3 is 6.18 Å². The number of benzene rings is 1. The highest BCUT2D eigenvalue weighted by Crippen LogP contribution is 2.35. The lowest BCUT2D eigenvalue weighted by molar-refractivity contribution is -0.137. The van der Waals surface area contributed by atoms with Gasteiger partial charge < -0.3 is 20.1 Å². The second-order valence-corrected chi connectivity index (χ2v) is 6.18. The SMILES string of the molecule is CCOc1cccc2c1OCC(C(=O)NCCNc1ccc(C(F)(F)F)cn1)=C2. The normalized spacial score (nSPS) is 13.0. The first-order valence-corrected chi connectivity index (χ1v) is 9.03. The zero-order valence-electron chi connectivity index (χ0n) is 15.7. The molecule has 6 nitrogen and oxygen atoms in total. The molecule has 0 atom stereocenters. The second-order valence-electron chi connectivity index (χ2n) is 6.18. The number of nitrogens with one attached hydrogen (secondary N) is 2. The van der Waals surface area contributed by atoms with Crippen molar-refractivity contribution in [2.45, 2.75) is 13.1 Å². The Labute approximate surface area is 165 Å². The van der Waals surface area contributed by atoms with Crippen molar-refractivity contribution in [3.05, 3.63) is 53.2 Å². The molecule has 0 saturated heterocycles. The number of rotatable bonds is 7. The Morgan fingerprint density at radius 3 is 2.76 bits per heavy atom. The van der Waals surface area contributed by atoms with E-state index in [1.165, 1.54) is 6.07 Å². The van der Waals surface area contributed by atoms with Crippen LogP contribution in [0.3, 0.4) is 0 Å². The number of nitrogens with zero attached hydrogens (tertiary/aromatic N) is 1. The molecule has 1 amide bonds. The maximum atomic E-state index is 12.5. The van der Waals surface area contributed by atoms with Crippen molar-refractivity contribution in [1.82, 2.24) is 10.3 Å². The highest BCUT2D eigenvalue weighted by Gasteiger charge is 2.30. The third-order valence-corrected chi connectivity index (χ3v) is 4.11. The average Bonchev–Trinajstić information content (AvgIpc) is 2.71. The van der Waals surface area contributed by atoms with Crippen LogP contribution in [0.1, 0.15) is 18.1 Å². The van der Waals surface area contributed by atoms with E-state index in [1.807, 2.05) is 25.1 Å². The summed E-state index contributed by atoms with van der Waals surface area (Å²) in [5.41, 5.74) is 0.423. The summed E-state index contributed by atoms with van der Waals surface area (Å²) in [4.78, 5) is 16.0. The van der Waals surface area contributed by atoms with Crippen molar-refractivity contribution in [3.8, 4) is 11.5 Å². The van der Waals surface area contributed by atoms with Gasteiger partial charge in [0.1, 0.15) is 12.4 Å². The summed E-state index contributed by atoms with van der Waals surface area (Å²) >= 11 is 0. The van der Waals surface area contributed by atoms with Crippen LogP contribution in [0.25, 0.3) is 6.08 Å². The van der Waals surface area contributed by atoms with Gasteiger partial charge in [-0.05, 0) is 31.2 Å². The molecule has 0 saturated carbocycles. The van der Waals surface area contributed by atoms with Gasteiger partial charge in [0.05, 0.1) is 17.7 Å². The number of amides is 1. The number of anilines is 1. The Morgan fingerprint density at radius 2 is 2.07 bits per heavy atom. The lowest BCUT2D eigenvalue weighted by Crippen LogP contribution is -2.32. The van der Waals surface area contributed by atoms with Crippen LogP contribution in [-0.2, 0) is 11.0 Å². The summed E-state index contributed by atoms with van der Waals surface area (Å²) in [5.74, 6) is 1.26. The Kier molecular flexibility index (Phi) is 6.26. The van der Waals surface area contributed by atoms with Crippen LogP contribution < -0.4 is 20.1 Å². The van der Waals surface area contributed by atoms with E-state index in [4.69, 9.17) is 9.47 Å². The summed E-state index contributed by atoms with van der Waals surface area (Å²) in [6.45, 7) is 3.09.